The summed E-state index contributed by atoms with van der Waals surface area (Å²) in [6.07, 6.45) is 14.6. The third-order valence-corrected chi connectivity index (χ3v) is 5.35. The van der Waals surface area contributed by atoms with E-state index in [4.69, 9.17) is 0 Å². The van der Waals surface area contributed by atoms with E-state index in [0.717, 1.165) is 19.5 Å². The molecule has 2 aliphatic heterocycles. The van der Waals surface area contributed by atoms with Crippen molar-refractivity contribution in [3.05, 3.63) is 30.5 Å². The molecular formula is C18H25N5O. The number of hydrogen-bond donors (Lipinski definition) is 0. The lowest BCUT2D eigenvalue weighted by molar-refractivity contribution is 0.0575. The Labute approximate surface area is 142 Å². The summed E-state index contributed by atoms with van der Waals surface area (Å²) >= 11 is 0. The molecule has 128 valence electrons. The molecule has 0 aliphatic carbocycles. The van der Waals surface area contributed by atoms with E-state index >= 15 is 0 Å². The lowest BCUT2D eigenvalue weighted by Crippen LogP contribution is -2.50. The van der Waals surface area contributed by atoms with E-state index in [9.17, 15) is 4.79 Å². The quantitative estimate of drug-likeness (QED) is 0.849. The molecule has 0 aromatic carbocycles. The molecule has 6 heteroatoms. The van der Waals surface area contributed by atoms with E-state index in [2.05, 4.69) is 14.9 Å². The van der Waals surface area contributed by atoms with E-state index in [1.54, 1.807) is 12.4 Å². The van der Waals surface area contributed by atoms with Crippen molar-refractivity contribution in [3.8, 4) is 0 Å². The molecule has 0 unspecified atom stereocenters. The van der Waals surface area contributed by atoms with Gasteiger partial charge in [-0.3, -0.25) is 9.69 Å². The minimum absolute atomic E-state index is 0.0197. The molecule has 0 radical (unpaired) electrons. The fourth-order valence-corrected chi connectivity index (χ4v) is 4.05. The molecule has 0 spiro atoms. The lowest BCUT2D eigenvalue weighted by Gasteiger charge is -2.39. The van der Waals surface area contributed by atoms with Gasteiger partial charge in [0.25, 0.3) is 5.91 Å². The molecule has 2 aromatic heterocycles. The average molecular weight is 327 g/mol. The molecule has 1 amide bonds. The number of aromatic nitrogens is 3. The fourth-order valence-electron chi connectivity index (χ4n) is 4.05. The first-order chi connectivity index (χ1) is 11.8. The molecule has 4 heterocycles. The highest BCUT2D eigenvalue weighted by molar-refractivity contribution is 5.97. The SMILES string of the molecule is O=C(c1nccn2ccnc12)N1CCC[C@H](N2CCCCCC2)C1. The number of hydrogen-bond acceptors (Lipinski definition) is 4. The molecule has 0 N–H and O–H groups in total. The Morgan fingerprint density at radius 1 is 0.958 bits per heavy atom. The molecule has 2 saturated heterocycles. The first-order valence-corrected chi connectivity index (χ1v) is 9.14. The van der Waals surface area contributed by atoms with Crippen LogP contribution in [0, 0.1) is 0 Å². The van der Waals surface area contributed by atoms with Gasteiger partial charge in [0.1, 0.15) is 0 Å². The van der Waals surface area contributed by atoms with Crippen molar-refractivity contribution in [2.45, 2.75) is 44.6 Å². The van der Waals surface area contributed by atoms with Gasteiger partial charge in [-0.1, -0.05) is 12.8 Å². The standard InChI is InChI=1S/C18H25N5O/c24-18(16-17-20-8-13-22(17)12-7-19-16)23-11-5-6-15(14-23)21-9-3-1-2-4-10-21/h7-8,12-13,15H,1-6,9-11,14H2/t15-/m0/s1. The predicted octanol–water partition coefficient (Wildman–Crippen LogP) is 2.21. The van der Waals surface area contributed by atoms with Gasteiger partial charge in [-0.15, -0.1) is 0 Å². The van der Waals surface area contributed by atoms with Gasteiger partial charge in [-0.25, -0.2) is 9.97 Å². The topological polar surface area (TPSA) is 53.7 Å². The molecule has 6 nitrogen and oxygen atoms in total. The maximum absolute atomic E-state index is 13.0. The Bertz CT molecular complexity index is 704. The monoisotopic (exact) mass is 327 g/mol. The molecule has 0 bridgehead atoms. The normalized spacial score (nSPS) is 23.3. The van der Waals surface area contributed by atoms with Crippen LogP contribution in [-0.2, 0) is 0 Å². The van der Waals surface area contributed by atoms with Crippen molar-refractivity contribution in [1.82, 2.24) is 24.2 Å². The number of fused-ring (bicyclic) bond motifs is 1. The first-order valence-electron chi connectivity index (χ1n) is 9.14. The van der Waals surface area contributed by atoms with Crippen LogP contribution < -0.4 is 0 Å². The van der Waals surface area contributed by atoms with Gasteiger partial charge in [0.15, 0.2) is 11.3 Å². The summed E-state index contributed by atoms with van der Waals surface area (Å²) in [6, 6.07) is 0.500. The van der Waals surface area contributed by atoms with Crippen LogP contribution >= 0.6 is 0 Å². The van der Waals surface area contributed by atoms with Gasteiger partial charge in [-0.05, 0) is 38.8 Å². The van der Waals surface area contributed by atoms with Crippen molar-refractivity contribution in [3.63, 3.8) is 0 Å². The molecule has 24 heavy (non-hydrogen) atoms. The molecule has 2 aliphatic rings. The van der Waals surface area contributed by atoms with Crippen LogP contribution in [0.2, 0.25) is 0 Å². The molecule has 2 fully saturated rings. The van der Waals surface area contributed by atoms with Gasteiger partial charge in [0, 0.05) is 43.9 Å². The number of rotatable bonds is 2. The molecular weight excluding hydrogens is 302 g/mol. The summed E-state index contributed by atoms with van der Waals surface area (Å²) in [7, 11) is 0. The number of nitrogens with zero attached hydrogens (tertiary/aromatic N) is 5. The van der Waals surface area contributed by atoms with Crippen molar-refractivity contribution in [1.29, 1.82) is 0 Å². The van der Waals surface area contributed by atoms with E-state index in [-0.39, 0.29) is 5.91 Å². The van der Waals surface area contributed by atoms with Crippen LogP contribution in [0.1, 0.15) is 49.0 Å². The average Bonchev–Trinajstić information content (AvgIpc) is 2.94. The van der Waals surface area contributed by atoms with Gasteiger partial charge in [0.2, 0.25) is 0 Å². The lowest BCUT2D eigenvalue weighted by atomic mass is 10.0. The van der Waals surface area contributed by atoms with Crippen LogP contribution in [0.25, 0.3) is 5.65 Å². The second kappa shape index (κ2) is 6.89. The van der Waals surface area contributed by atoms with E-state index in [0.29, 0.717) is 17.4 Å². The van der Waals surface area contributed by atoms with Crippen LogP contribution in [0.3, 0.4) is 0 Å². The third-order valence-electron chi connectivity index (χ3n) is 5.35. The second-order valence-electron chi connectivity index (χ2n) is 6.93. The zero-order chi connectivity index (χ0) is 16.4. The summed E-state index contributed by atoms with van der Waals surface area (Å²) in [4.78, 5) is 26.2. The summed E-state index contributed by atoms with van der Waals surface area (Å²) < 4.78 is 1.86. The second-order valence-corrected chi connectivity index (χ2v) is 6.93. The highest BCUT2D eigenvalue weighted by Crippen LogP contribution is 2.21. The van der Waals surface area contributed by atoms with Crippen LogP contribution in [0.15, 0.2) is 24.8 Å². The summed E-state index contributed by atoms with van der Waals surface area (Å²) in [6.45, 7) is 4.01. The zero-order valence-electron chi connectivity index (χ0n) is 14.1. The number of piperidine rings is 1. The molecule has 1 atom stereocenters. The number of imidazole rings is 1. The fraction of sp³-hybridized carbons (Fsp3) is 0.611. The largest absolute Gasteiger partial charge is 0.336 e. The maximum Gasteiger partial charge on any atom is 0.276 e. The van der Waals surface area contributed by atoms with Gasteiger partial charge in [0.05, 0.1) is 0 Å². The summed E-state index contributed by atoms with van der Waals surface area (Å²) in [5.74, 6) is 0.0197. The third kappa shape index (κ3) is 3.02. The minimum atomic E-state index is 0.0197. The van der Waals surface area contributed by atoms with Crippen LogP contribution in [0.5, 0.6) is 0 Å². The zero-order valence-corrected chi connectivity index (χ0v) is 14.1. The van der Waals surface area contributed by atoms with Gasteiger partial charge >= 0.3 is 0 Å². The van der Waals surface area contributed by atoms with Crippen LogP contribution in [-0.4, -0.2) is 62.3 Å². The summed E-state index contributed by atoms with van der Waals surface area (Å²) in [5.41, 5.74) is 1.12. The first kappa shape index (κ1) is 15.6. The molecule has 2 aromatic rings. The Morgan fingerprint density at radius 2 is 1.71 bits per heavy atom. The van der Waals surface area contributed by atoms with Crippen LogP contribution in [0.4, 0.5) is 0 Å². The predicted molar refractivity (Wildman–Crippen MR) is 92.0 cm³/mol. The highest BCUT2D eigenvalue weighted by Gasteiger charge is 2.30. The number of likely N-dealkylation sites (tertiary alicyclic amines) is 2. The Kier molecular flexibility index (Phi) is 4.47. The number of carbonyl (C=O) groups excluding carboxylic acids is 1. The Balaban J connectivity index is 1.51. The molecule has 4 rings (SSSR count). The van der Waals surface area contributed by atoms with Crippen molar-refractivity contribution in [2.75, 3.05) is 26.2 Å². The highest BCUT2D eigenvalue weighted by atomic mass is 16.2. The number of amides is 1. The van der Waals surface area contributed by atoms with E-state index in [1.165, 1.54) is 45.2 Å². The number of carbonyl (C=O) groups is 1. The van der Waals surface area contributed by atoms with Crippen molar-refractivity contribution in [2.24, 2.45) is 0 Å². The Hall–Kier alpha value is -1.95. The van der Waals surface area contributed by atoms with Gasteiger partial charge in [-0.2, -0.15) is 0 Å². The summed E-state index contributed by atoms with van der Waals surface area (Å²) in [5, 5.41) is 0. The van der Waals surface area contributed by atoms with Crippen molar-refractivity contribution >= 4 is 11.6 Å². The molecule has 0 saturated carbocycles. The smallest absolute Gasteiger partial charge is 0.276 e. The van der Waals surface area contributed by atoms with E-state index in [1.807, 2.05) is 21.7 Å². The van der Waals surface area contributed by atoms with Gasteiger partial charge < -0.3 is 9.30 Å². The van der Waals surface area contributed by atoms with E-state index < -0.39 is 0 Å². The minimum Gasteiger partial charge on any atom is -0.336 e. The maximum atomic E-state index is 13.0. The van der Waals surface area contributed by atoms with Crippen molar-refractivity contribution < 1.29 is 4.79 Å². The Morgan fingerprint density at radius 3 is 2.50 bits per heavy atom.